The summed E-state index contributed by atoms with van der Waals surface area (Å²) in [7, 11) is -0.369. The number of nitrogens with zero attached hydrogens (tertiary/aromatic N) is 4. The summed E-state index contributed by atoms with van der Waals surface area (Å²) >= 11 is 0. The maximum absolute atomic E-state index is 12.4. The normalized spacial score (nSPS) is 12.0. The number of aryl methyl sites for hydroxylation is 2. The van der Waals surface area contributed by atoms with E-state index in [1.807, 2.05) is 0 Å². The molecule has 8 nitrogen and oxygen atoms in total. The topological polar surface area (TPSA) is 97.2 Å². The van der Waals surface area contributed by atoms with Crippen LogP contribution >= 0.6 is 0 Å². The second kappa shape index (κ2) is 6.70. The number of carbonyl (C=O) groups is 1. The minimum absolute atomic E-state index is 0.143. The molecule has 0 radical (unpaired) electrons. The van der Waals surface area contributed by atoms with Crippen molar-refractivity contribution in [2.75, 3.05) is 12.4 Å². The monoisotopic (exact) mass is 351 g/mol. The minimum atomic E-state index is -3.57. The number of hydrogen-bond acceptors (Lipinski definition) is 5. The molecule has 0 aliphatic carbocycles. The maximum Gasteiger partial charge on any atom is 0.258 e. The van der Waals surface area contributed by atoms with Gasteiger partial charge in [0.25, 0.3) is 5.91 Å². The molecule has 2 aromatic rings. The van der Waals surface area contributed by atoms with Gasteiger partial charge in [-0.25, -0.2) is 13.1 Å². The number of aromatic nitrogens is 3. The van der Waals surface area contributed by atoms with Gasteiger partial charge in [-0.15, -0.1) is 0 Å². The highest BCUT2D eigenvalue weighted by atomic mass is 32.2. The van der Waals surface area contributed by atoms with Gasteiger partial charge in [0.15, 0.2) is 0 Å². The van der Waals surface area contributed by atoms with E-state index in [2.05, 4.69) is 15.4 Å². The molecule has 1 aromatic carbocycles. The highest BCUT2D eigenvalue weighted by Gasteiger charge is 2.23. The molecule has 2 rings (SSSR count). The third-order valence-electron chi connectivity index (χ3n) is 3.61. The van der Waals surface area contributed by atoms with Crippen molar-refractivity contribution in [1.82, 2.24) is 19.1 Å². The van der Waals surface area contributed by atoms with Gasteiger partial charge in [-0.2, -0.15) is 14.4 Å². The highest BCUT2D eigenvalue weighted by Crippen LogP contribution is 2.17. The molecule has 1 N–H and O–H groups in total. The molecule has 0 unspecified atom stereocenters. The van der Waals surface area contributed by atoms with Crippen molar-refractivity contribution in [3.63, 3.8) is 0 Å². The average Bonchev–Trinajstić information content (AvgIpc) is 2.84. The van der Waals surface area contributed by atoms with Gasteiger partial charge in [0.2, 0.25) is 16.0 Å². The summed E-state index contributed by atoms with van der Waals surface area (Å²) < 4.78 is 27.5. The summed E-state index contributed by atoms with van der Waals surface area (Å²) in [6, 6.07) is 5.63. The van der Waals surface area contributed by atoms with Crippen LogP contribution in [0.25, 0.3) is 0 Å². The van der Waals surface area contributed by atoms with Gasteiger partial charge in [-0.1, -0.05) is 0 Å². The Morgan fingerprint density at radius 1 is 1.25 bits per heavy atom. The standard InChI is InChI=1S/C15H21N5O3S/c1-10(2)20(5)24(22,23)13-8-6-12(7-9-13)14(21)17-15-16-11(3)18-19(15)4/h6-10H,1-5H3,(H,16,17,18,21). The molecular weight excluding hydrogens is 330 g/mol. The number of hydrogen-bond donors (Lipinski definition) is 1. The fourth-order valence-electron chi connectivity index (χ4n) is 2.02. The summed E-state index contributed by atoms with van der Waals surface area (Å²) in [6.45, 7) is 5.31. The lowest BCUT2D eigenvalue weighted by Crippen LogP contribution is -2.33. The van der Waals surface area contributed by atoms with Gasteiger partial charge in [-0.05, 0) is 45.0 Å². The van der Waals surface area contributed by atoms with Crippen LogP contribution in [-0.2, 0) is 17.1 Å². The lowest BCUT2D eigenvalue weighted by atomic mass is 10.2. The largest absolute Gasteiger partial charge is 0.291 e. The van der Waals surface area contributed by atoms with E-state index in [0.717, 1.165) is 0 Å². The van der Waals surface area contributed by atoms with Crippen molar-refractivity contribution in [1.29, 1.82) is 0 Å². The van der Waals surface area contributed by atoms with E-state index in [9.17, 15) is 13.2 Å². The molecule has 0 saturated heterocycles. The number of amides is 1. The van der Waals surface area contributed by atoms with Gasteiger partial charge in [0, 0.05) is 25.7 Å². The van der Waals surface area contributed by atoms with Crippen molar-refractivity contribution in [3.8, 4) is 0 Å². The van der Waals surface area contributed by atoms with Crippen molar-refractivity contribution >= 4 is 21.9 Å². The van der Waals surface area contributed by atoms with Crippen LogP contribution in [0.3, 0.4) is 0 Å². The first-order valence-electron chi connectivity index (χ1n) is 7.40. The number of anilines is 1. The van der Waals surface area contributed by atoms with Crippen LogP contribution in [-0.4, -0.2) is 46.5 Å². The molecule has 0 atom stereocenters. The lowest BCUT2D eigenvalue weighted by Gasteiger charge is -2.21. The SMILES string of the molecule is Cc1nc(NC(=O)c2ccc(S(=O)(=O)N(C)C(C)C)cc2)n(C)n1. The van der Waals surface area contributed by atoms with Crippen molar-refractivity contribution in [2.45, 2.75) is 31.7 Å². The molecule has 24 heavy (non-hydrogen) atoms. The number of sulfonamides is 1. The highest BCUT2D eigenvalue weighted by molar-refractivity contribution is 7.89. The first-order valence-corrected chi connectivity index (χ1v) is 8.84. The summed E-state index contributed by atoms with van der Waals surface area (Å²) in [4.78, 5) is 16.5. The van der Waals surface area contributed by atoms with Crippen molar-refractivity contribution in [2.24, 2.45) is 7.05 Å². The summed E-state index contributed by atoms with van der Waals surface area (Å²) in [6.07, 6.45) is 0. The summed E-state index contributed by atoms with van der Waals surface area (Å²) in [5, 5.41) is 6.68. The van der Waals surface area contributed by atoms with E-state index >= 15 is 0 Å². The van der Waals surface area contributed by atoms with E-state index in [0.29, 0.717) is 17.3 Å². The predicted octanol–water partition coefficient (Wildman–Crippen LogP) is 1.40. The second-order valence-electron chi connectivity index (χ2n) is 5.70. The number of nitrogens with one attached hydrogen (secondary N) is 1. The molecule has 130 valence electrons. The Hall–Kier alpha value is -2.26. The van der Waals surface area contributed by atoms with Crippen LogP contribution in [0.4, 0.5) is 5.95 Å². The van der Waals surface area contributed by atoms with Crippen molar-refractivity contribution < 1.29 is 13.2 Å². The van der Waals surface area contributed by atoms with Gasteiger partial charge in [0.05, 0.1) is 4.90 Å². The first-order chi connectivity index (χ1) is 11.1. The second-order valence-corrected chi connectivity index (χ2v) is 7.70. The quantitative estimate of drug-likeness (QED) is 0.878. The Balaban J connectivity index is 2.20. The molecular formula is C15H21N5O3S. The molecule has 1 amide bonds. The minimum Gasteiger partial charge on any atom is -0.291 e. The molecule has 9 heteroatoms. The Bertz CT molecular complexity index is 840. The van der Waals surface area contributed by atoms with Crippen molar-refractivity contribution in [3.05, 3.63) is 35.7 Å². The first kappa shape index (κ1) is 18.1. The Labute approximate surface area is 141 Å². The third kappa shape index (κ3) is 3.62. The zero-order valence-corrected chi connectivity index (χ0v) is 15.1. The molecule has 0 aliphatic heterocycles. The van der Waals surface area contributed by atoms with Crippen LogP contribution in [0.2, 0.25) is 0 Å². The van der Waals surface area contributed by atoms with E-state index in [-0.39, 0.29) is 16.8 Å². The zero-order chi connectivity index (χ0) is 18.1. The molecule has 0 spiro atoms. The molecule has 0 fully saturated rings. The van der Waals surface area contributed by atoms with Gasteiger partial charge < -0.3 is 0 Å². The smallest absolute Gasteiger partial charge is 0.258 e. The van der Waals surface area contributed by atoms with Crippen LogP contribution in [0.5, 0.6) is 0 Å². The fraction of sp³-hybridized carbons (Fsp3) is 0.400. The summed E-state index contributed by atoms with van der Waals surface area (Å²) in [5.41, 5.74) is 0.335. The number of benzene rings is 1. The molecule has 0 aliphatic rings. The van der Waals surface area contributed by atoms with E-state index < -0.39 is 10.0 Å². The average molecular weight is 351 g/mol. The molecule has 1 heterocycles. The van der Waals surface area contributed by atoms with Gasteiger partial charge in [0.1, 0.15) is 5.82 Å². The number of carbonyl (C=O) groups excluding carboxylic acids is 1. The Morgan fingerprint density at radius 2 is 1.83 bits per heavy atom. The molecule has 1 aromatic heterocycles. The van der Waals surface area contributed by atoms with E-state index in [1.165, 1.54) is 40.3 Å². The van der Waals surface area contributed by atoms with Crippen LogP contribution in [0.1, 0.15) is 30.0 Å². The Kier molecular flexibility index (Phi) is 5.05. The van der Waals surface area contributed by atoms with Gasteiger partial charge in [-0.3, -0.25) is 10.1 Å². The van der Waals surface area contributed by atoms with Crippen LogP contribution in [0, 0.1) is 6.92 Å². The lowest BCUT2D eigenvalue weighted by molar-refractivity contribution is 0.102. The van der Waals surface area contributed by atoms with E-state index in [1.54, 1.807) is 27.8 Å². The third-order valence-corrected chi connectivity index (χ3v) is 5.66. The number of rotatable bonds is 5. The van der Waals surface area contributed by atoms with Crippen LogP contribution < -0.4 is 5.32 Å². The maximum atomic E-state index is 12.4. The zero-order valence-electron chi connectivity index (χ0n) is 14.3. The summed E-state index contributed by atoms with van der Waals surface area (Å²) in [5.74, 6) is 0.492. The Morgan fingerprint density at radius 3 is 2.29 bits per heavy atom. The molecule has 0 saturated carbocycles. The molecule has 0 bridgehead atoms. The fourth-order valence-corrected chi connectivity index (χ4v) is 3.38. The predicted molar refractivity (Wildman–Crippen MR) is 90.2 cm³/mol. The van der Waals surface area contributed by atoms with Gasteiger partial charge >= 0.3 is 0 Å². The van der Waals surface area contributed by atoms with E-state index in [4.69, 9.17) is 0 Å². The van der Waals surface area contributed by atoms with Crippen LogP contribution in [0.15, 0.2) is 29.2 Å².